The fourth-order valence-electron chi connectivity index (χ4n) is 2.67. The van der Waals surface area contributed by atoms with Crippen LogP contribution in [0.2, 0.25) is 0 Å². The monoisotopic (exact) mass is 352 g/mol. The molecule has 2 aliphatic rings. The summed E-state index contributed by atoms with van der Waals surface area (Å²) in [7, 11) is -3.32. The molecule has 1 heterocycles. The van der Waals surface area contributed by atoms with Crippen LogP contribution in [-0.4, -0.2) is 45.2 Å². The maximum absolute atomic E-state index is 12.2. The van der Waals surface area contributed by atoms with Crippen LogP contribution >= 0.6 is 0 Å². The second kappa shape index (κ2) is 6.08. The van der Waals surface area contributed by atoms with Gasteiger partial charge in [0.25, 0.3) is 5.91 Å². The summed E-state index contributed by atoms with van der Waals surface area (Å²) in [5.41, 5.74) is 1.69. The van der Waals surface area contributed by atoms with Gasteiger partial charge in [0, 0.05) is 12.6 Å². The molecule has 1 aromatic carbocycles. The smallest absolute Gasteiger partial charge is 0.338 e. The molecule has 0 bridgehead atoms. The SMILES string of the molecule is C[C@H](OC(=O)c1ccc2c(c1)CCN2S(C)(=O)=O)C(=O)NC1CC1. The third-order valence-electron chi connectivity index (χ3n) is 4.15. The van der Waals surface area contributed by atoms with Crippen LogP contribution in [0.25, 0.3) is 0 Å². The maximum atomic E-state index is 12.2. The van der Waals surface area contributed by atoms with Crippen LogP contribution < -0.4 is 9.62 Å². The number of sulfonamides is 1. The summed E-state index contributed by atoms with van der Waals surface area (Å²) in [5, 5.41) is 2.79. The van der Waals surface area contributed by atoms with Crippen molar-refractivity contribution in [1.29, 1.82) is 0 Å². The van der Waals surface area contributed by atoms with Crippen LogP contribution in [0.4, 0.5) is 5.69 Å². The minimum absolute atomic E-state index is 0.209. The molecule has 1 amide bonds. The average Bonchev–Trinajstić information content (AvgIpc) is 3.20. The summed E-state index contributed by atoms with van der Waals surface area (Å²) < 4.78 is 30.0. The lowest BCUT2D eigenvalue weighted by molar-refractivity contribution is -0.129. The summed E-state index contributed by atoms with van der Waals surface area (Å²) in [4.78, 5) is 24.0. The second-order valence-corrected chi connectivity index (χ2v) is 8.17. The number of hydrogen-bond donors (Lipinski definition) is 1. The van der Waals surface area contributed by atoms with Gasteiger partial charge in [-0.05, 0) is 49.9 Å². The molecule has 24 heavy (non-hydrogen) atoms. The fraction of sp³-hybridized carbons (Fsp3) is 0.500. The topological polar surface area (TPSA) is 92.8 Å². The zero-order chi connectivity index (χ0) is 17.5. The molecule has 0 unspecified atom stereocenters. The van der Waals surface area contributed by atoms with Gasteiger partial charge >= 0.3 is 5.97 Å². The maximum Gasteiger partial charge on any atom is 0.338 e. The van der Waals surface area contributed by atoms with Gasteiger partial charge in [0.2, 0.25) is 10.0 Å². The van der Waals surface area contributed by atoms with E-state index in [0.29, 0.717) is 24.2 Å². The van der Waals surface area contributed by atoms with Crippen molar-refractivity contribution in [1.82, 2.24) is 5.32 Å². The lowest BCUT2D eigenvalue weighted by Crippen LogP contribution is -2.37. The molecule has 1 aliphatic carbocycles. The van der Waals surface area contributed by atoms with E-state index in [1.807, 2.05) is 0 Å². The van der Waals surface area contributed by atoms with E-state index in [4.69, 9.17) is 4.74 Å². The number of carbonyl (C=O) groups excluding carboxylic acids is 2. The van der Waals surface area contributed by atoms with Crippen molar-refractivity contribution in [2.45, 2.75) is 38.3 Å². The predicted molar refractivity (Wildman–Crippen MR) is 88.4 cm³/mol. The second-order valence-electron chi connectivity index (χ2n) is 6.26. The number of nitrogens with one attached hydrogen (secondary N) is 1. The average molecular weight is 352 g/mol. The van der Waals surface area contributed by atoms with E-state index in [1.54, 1.807) is 12.1 Å². The van der Waals surface area contributed by atoms with E-state index in [0.717, 1.165) is 24.7 Å². The first-order valence-corrected chi connectivity index (χ1v) is 9.72. The number of esters is 1. The third kappa shape index (κ3) is 3.53. The highest BCUT2D eigenvalue weighted by Crippen LogP contribution is 2.31. The molecule has 0 spiro atoms. The van der Waals surface area contributed by atoms with Crippen molar-refractivity contribution in [2.24, 2.45) is 0 Å². The van der Waals surface area contributed by atoms with E-state index in [9.17, 15) is 18.0 Å². The minimum atomic E-state index is -3.32. The molecule has 130 valence electrons. The van der Waals surface area contributed by atoms with E-state index in [-0.39, 0.29) is 11.9 Å². The number of ether oxygens (including phenoxy) is 1. The number of fused-ring (bicyclic) bond motifs is 1. The molecule has 0 saturated heterocycles. The Morgan fingerprint density at radius 2 is 2.04 bits per heavy atom. The van der Waals surface area contributed by atoms with Crippen LogP contribution in [0.1, 0.15) is 35.7 Å². The molecule has 3 rings (SSSR count). The van der Waals surface area contributed by atoms with Gasteiger partial charge < -0.3 is 10.1 Å². The molecule has 1 fully saturated rings. The number of rotatable bonds is 5. The number of benzene rings is 1. The van der Waals surface area contributed by atoms with Crippen LogP contribution in [-0.2, 0) is 26.0 Å². The molecule has 7 nitrogen and oxygen atoms in total. The first-order valence-electron chi connectivity index (χ1n) is 7.87. The molecule has 0 aromatic heterocycles. The Kier molecular flexibility index (Phi) is 4.25. The van der Waals surface area contributed by atoms with E-state index >= 15 is 0 Å². The number of anilines is 1. The molecular weight excluding hydrogens is 332 g/mol. The number of nitrogens with zero attached hydrogens (tertiary/aromatic N) is 1. The van der Waals surface area contributed by atoms with Crippen LogP contribution in [0.15, 0.2) is 18.2 Å². The van der Waals surface area contributed by atoms with Crippen molar-refractivity contribution in [3.8, 4) is 0 Å². The van der Waals surface area contributed by atoms with Crippen LogP contribution in [0.5, 0.6) is 0 Å². The first-order chi connectivity index (χ1) is 11.3. The van der Waals surface area contributed by atoms with Gasteiger partial charge in [-0.15, -0.1) is 0 Å². The van der Waals surface area contributed by atoms with E-state index in [2.05, 4.69) is 5.32 Å². The lowest BCUT2D eigenvalue weighted by Gasteiger charge is -2.17. The van der Waals surface area contributed by atoms with Crippen LogP contribution in [0, 0.1) is 0 Å². The highest BCUT2D eigenvalue weighted by atomic mass is 32.2. The molecule has 0 radical (unpaired) electrons. The van der Waals surface area contributed by atoms with Gasteiger partial charge in [0.05, 0.1) is 17.5 Å². The largest absolute Gasteiger partial charge is 0.449 e. The zero-order valence-electron chi connectivity index (χ0n) is 13.6. The van der Waals surface area contributed by atoms with Crippen LogP contribution in [0.3, 0.4) is 0 Å². The molecule has 1 N–H and O–H groups in total. The van der Waals surface area contributed by atoms with E-state index < -0.39 is 22.1 Å². The number of amides is 1. The van der Waals surface area contributed by atoms with Gasteiger partial charge in [-0.25, -0.2) is 13.2 Å². The fourth-order valence-corrected chi connectivity index (χ4v) is 3.63. The van der Waals surface area contributed by atoms with Crippen molar-refractivity contribution in [3.63, 3.8) is 0 Å². The highest BCUT2D eigenvalue weighted by Gasteiger charge is 2.29. The Labute approximate surface area is 141 Å². The van der Waals surface area contributed by atoms with Gasteiger partial charge in [0.15, 0.2) is 6.10 Å². The summed E-state index contributed by atoms with van der Waals surface area (Å²) >= 11 is 0. The summed E-state index contributed by atoms with van der Waals surface area (Å²) in [5.74, 6) is -0.885. The minimum Gasteiger partial charge on any atom is -0.449 e. The van der Waals surface area contributed by atoms with Crippen molar-refractivity contribution in [2.75, 3.05) is 17.1 Å². The molecule has 1 aliphatic heterocycles. The Morgan fingerprint density at radius 1 is 1.33 bits per heavy atom. The normalized spacial score (nSPS) is 18.0. The lowest BCUT2D eigenvalue weighted by atomic mass is 10.1. The van der Waals surface area contributed by atoms with Gasteiger partial charge in [-0.1, -0.05) is 0 Å². The van der Waals surface area contributed by atoms with Gasteiger partial charge in [-0.2, -0.15) is 0 Å². The quantitative estimate of drug-likeness (QED) is 0.793. The zero-order valence-corrected chi connectivity index (χ0v) is 14.4. The number of hydrogen-bond acceptors (Lipinski definition) is 5. The molecule has 1 aromatic rings. The third-order valence-corrected chi connectivity index (χ3v) is 5.33. The Morgan fingerprint density at radius 3 is 2.67 bits per heavy atom. The highest BCUT2D eigenvalue weighted by molar-refractivity contribution is 7.92. The Bertz CT molecular complexity index is 786. The van der Waals surface area contributed by atoms with Gasteiger partial charge in [0.1, 0.15) is 0 Å². The molecule has 1 saturated carbocycles. The first kappa shape index (κ1) is 16.8. The Hall–Kier alpha value is -2.09. The standard InChI is InChI=1S/C16H20N2O5S/c1-10(15(19)17-13-4-5-13)23-16(20)12-3-6-14-11(9-12)7-8-18(14)24(2,21)22/h3,6,9-10,13H,4-5,7-8H2,1-2H3,(H,17,19)/t10-/m0/s1. The van der Waals surface area contributed by atoms with Gasteiger partial charge in [-0.3, -0.25) is 9.10 Å². The molecule has 1 atom stereocenters. The predicted octanol–water partition coefficient (Wildman–Crippen LogP) is 0.833. The van der Waals surface area contributed by atoms with E-state index in [1.165, 1.54) is 17.3 Å². The Balaban J connectivity index is 1.69. The van der Waals surface area contributed by atoms with Crippen molar-refractivity contribution in [3.05, 3.63) is 29.3 Å². The van der Waals surface area contributed by atoms with Crippen molar-refractivity contribution < 1.29 is 22.7 Å². The van der Waals surface area contributed by atoms with Crippen molar-refractivity contribution >= 4 is 27.6 Å². The molecule has 8 heteroatoms. The summed E-state index contributed by atoms with van der Waals surface area (Å²) in [6, 6.07) is 4.97. The summed E-state index contributed by atoms with van der Waals surface area (Å²) in [6.45, 7) is 1.90. The summed E-state index contributed by atoms with van der Waals surface area (Å²) in [6.07, 6.45) is 2.77. The molecular formula is C16H20N2O5S. The number of carbonyl (C=O) groups is 2.